The summed E-state index contributed by atoms with van der Waals surface area (Å²) >= 11 is 0. The van der Waals surface area contributed by atoms with Gasteiger partial charge >= 0.3 is 5.97 Å². The number of carboxylic acid groups (broad SMARTS) is 1. The summed E-state index contributed by atoms with van der Waals surface area (Å²) in [4.78, 5) is 36.8. The van der Waals surface area contributed by atoms with Gasteiger partial charge in [0.2, 0.25) is 0 Å². The predicted octanol–water partition coefficient (Wildman–Crippen LogP) is 2.63. The molecule has 0 spiro atoms. The Bertz CT molecular complexity index is 809. The molecule has 0 aromatic heterocycles. The van der Waals surface area contributed by atoms with Crippen molar-refractivity contribution in [1.29, 1.82) is 0 Å². The van der Waals surface area contributed by atoms with Gasteiger partial charge in [-0.2, -0.15) is 0 Å². The summed E-state index contributed by atoms with van der Waals surface area (Å²) in [6, 6.07) is 8.51. The molecule has 0 unspecified atom stereocenters. The van der Waals surface area contributed by atoms with E-state index in [0.29, 0.717) is 10.5 Å². The Morgan fingerprint density at radius 1 is 1.09 bits per heavy atom. The number of anilines is 1. The van der Waals surface area contributed by atoms with E-state index in [2.05, 4.69) is 0 Å². The number of aryl methyl sites for hydroxylation is 1. The molecule has 5 nitrogen and oxygen atoms in total. The van der Waals surface area contributed by atoms with E-state index in [9.17, 15) is 23.9 Å². The van der Waals surface area contributed by atoms with Crippen molar-refractivity contribution in [2.45, 2.75) is 6.92 Å². The predicted molar refractivity (Wildman–Crippen MR) is 75.7 cm³/mol. The molecular formula is C16H10FNO4. The van der Waals surface area contributed by atoms with E-state index in [1.807, 2.05) is 0 Å². The Hall–Kier alpha value is -3.02. The number of amides is 2. The van der Waals surface area contributed by atoms with Crippen LogP contribution in [0, 0.1) is 12.7 Å². The average molecular weight is 299 g/mol. The maximum absolute atomic E-state index is 14.0. The lowest BCUT2D eigenvalue weighted by atomic mass is 10.1. The first kappa shape index (κ1) is 13.9. The Labute approximate surface area is 124 Å². The number of halogens is 1. The van der Waals surface area contributed by atoms with Gasteiger partial charge in [-0.25, -0.2) is 14.1 Å². The quantitative estimate of drug-likeness (QED) is 0.865. The number of hydrogen-bond donors (Lipinski definition) is 1. The summed E-state index contributed by atoms with van der Waals surface area (Å²) in [7, 11) is 0. The fraction of sp³-hybridized carbons (Fsp3) is 0.0625. The van der Waals surface area contributed by atoms with Gasteiger partial charge in [-0.3, -0.25) is 9.59 Å². The lowest BCUT2D eigenvalue weighted by Crippen LogP contribution is -2.31. The maximum atomic E-state index is 14.0. The van der Waals surface area contributed by atoms with Crippen LogP contribution in [0.25, 0.3) is 0 Å². The molecule has 0 saturated heterocycles. The Balaban J connectivity index is 2.24. The molecule has 0 aliphatic carbocycles. The smallest absolute Gasteiger partial charge is 0.340 e. The number of carbonyl (C=O) groups is 3. The number of fused-ring (bicyclic) bond motifs is 1. The number of rotatable bonds is 2. The standard InChI is InChI=1S/C16H10FNO4/c1-8-6-11(17)13(16(21)22)12(7-8)18-14(19)9-4-2-3-5-10(9)15(18)20/h2-7H,1H3,(H,21,22). The molecular weight excluding hydrogens is 289 g/mol. The number of aromatic carboxylic acids is 1. The molecule has 0 atom stereocenters. The third kappa shape index (κ3) is 1.88. The van der Waals surface area contributed by atoms with Crippen LogP contribution in [-0.4, -0.2) is 22.9 Å². The zero-order chi connectivity index (χ0) is 16.0. The number of imide groups is 1. The molecule has 1 heterocycles. The first-order valence-corrected chi connectivity index (χ1v) is 6.43. The summed E-state index contributed by atoms with van der Waals surface area (Å²) < 4.78 is 14.0. The van der Waals surface area contributed by atoms with Crippen molar-refractivity contribution < 1.29 is 23.9 Å². The second-order valence-corrected chi connectivity index (χ2v) is 4.94. The van der Waals surface area contributed by atoms with E-state index in [1.54, 1.807) is 19.1 Å². The molecule has 1 aliphatic rings. The minimum Gasteiger partial charge on any atom is -0.478 e. The lowest BCUT2D eigenvalue weighted by molar-refractivity contribution is 0.0693. The van der Waals surface area contributed by atoms with Crippen LogP contribution in [0.15, 0.2) is 36.4 Å². The van der Waals surface area contributed by atoms with Crippen LogP contribution in [0.3, 0.4) is 0 Å². The van der Waals surface area contributed by atoms with Gasteiger partial charge in [0, 0.05) is 0 Å². The minimum atomic E-state index is -1.54. The fourth-order valence-corrected chi connectivity index (χ4v) is 2.52. The second kappa shape index (κ2) is 4.77. The highest BCUT2D eigenvalue weighted by atomic mass is 19.1. The minimum absolute atomic E-state index is 0.172. The Morgan fingerprint density at radius 2 is 1.64 bits per heavy atom. The maximum Gasteiger partial charge on any atom is 0.340 e. The number of carboxylic acids is 1. The highest BCUT2D eigenvalue weighted by Crippen LogP contribution is 2.32. The molecule has 2 aromatic carbocycles. The molecule has 22 heavy (non-hydrogen) atoms. The van der Waals surface area contributed by atoms with Gasteiger partial charge in [0.05, 0.1) is 16.8 Å². The van der Waals surface area contributed by atoms with Crippen molar-refractivity contribution in [3.63, 3.8) is 0 Å². The summed E-state index contributed by atoms with van der Waals surface area (Å²) in [5.74, 6) is -3.84. The van der Waals surface area contributed by atoms with Gasteiger partial charge in [0.1, 0.15) is 11.4 Å². The van der Waals surface area contributed by atoms with Crippen LogP contribution >= 0.6 is 0 Å². The van der Waals surface area contributed by atoms with Crippen LogP contribution in [0.5, 0.6) is 0 Å². The molecule has 0 radical (unpaired) electrons. The largest absolute Gasteiger partial charge is 0.478 e. The SMILES string of the molecule is Cc1cc(F)c(C(=O)O)c(N2C(=O)c3ccccc3C2=O)c1. The van der Waals surface area contributed by atoms with Gasteiger partial charge in [-0.1, -0.05) is 12.1 Å². The van der Waals surface area contributed by atoms with E-state index in [0.717, 1.165) is 6.07 Å². The molecule has 1 aliphatic heterocycles. The normalized spacial score (nSPS) is 13.5. The zero-order valence-corrected chi connectivity index (χ0v) is 11.5. The van der Waals surface area contributed by atoms with Crippen molar-refractivity contribution in [2.24, 2.45) is 0 Å². The summed E-state index contributed by atoms with van der Waals surface area (Å²) in [6.45, 7) is 1.55. The summed E-state index contributed by atoms with van der Waals surface area (Å²) in [6.07, 6.45) is 0. The summed E-state index contributed by atoms with van der Waals surface area (Å²) in [5, 5.41) is 9.20. The van der Waals surface area contributed by atoms with Gasteiger partial charge in [0.15, 0.2) is 0 Å². The van der Waals surface area contributed by atoms with Crippen LogP contribution in [-0.2, 0) is 0 Å². The van der Waals surface area contributed by atoms with Gasteiger partial charge in [-0.15, -0.1) is 0 Å². The highest BCUT2D eigenvalue weighted by Gasteiger charge is 2.39. The molecule has 3 rings (SSSR count). The number of nitrogens with zero attached hydrogens (tertiary/aromatic N) is 1. The van der Waals surface area contributed by atoms with Crippen LogP contribution in [0.4, 0.5) is 10.1 Å². The van der Waals surface area contributed by atoms with E-state index >= 15 is 0 Å². The van der Waals surface area contributed by atoms with Gasteiger partial charge < -0.3 is 5.11 Å². The number of carbonyl (C=O) groups excluding carboxylic acids is 2. The zero-order valence-electron chi connectivity index (χ0n) is 11.5. The van der Waals surface area contributed by atoms with Crippen LogP contribution in [0.1, 0.15) is 36.6 Å². The third-order valence-corrected chi connectivity index (χ3v) is 3.46. The molecule has 110 valence electrons. The molecule has 0 bridgehead atoms. The second-order valence-electron chi connectivity index (χ2n) is 4.94. The fourth-order valence-electron chi connectivity index (χ4n) is 2.52. The molecule has 0 fully saturated rings. The molecule has 6 heteroatoms. The van der Waals surface area contributed by atoms with Crippen LogP contribution < -0.4 is 4.90 Å². The van der Waals surface area contributed by atoms with Crippen molar-refractivity contribution in [1.82, 2.24) is 0 Å². The molecule has 0 saturated carbocycles. The molecule has 2 amide bonds. The van der Waals surface area contributed by atoms with Crippen LogP contribution in [0.2, 0.25) is 0 Å². The Morgan fingerprint density at radius 3 is 2.14 bits per heavy atom. The van der Waals surface area contributed by atoms with Crippen molar-refractivity contribution >= 4 is 23.5 Å². The number of benzene rings is 2. The Kier molecular flexibility index (Phi) is 3.02. The highest BCUT2D eigenvalue weighted by molar-refractivity contribution is 6.35. The first-order chi connectivity index (χ1) is 10.4. The van der Waals surface area contributed by atoms with E-state index in [1.165, 1.54) is 18.2 Å². The topological polar surface area (TPSA) is 74.7 Å². The average Bonchev–Trinajstić information content (AvgIpc) is 2.70. The molecule has 2 aromatic rings. The van der Waals surface area contributed by atoms with E-state index in [4.69, 9.17) is 0 Å². The number of hydrogen-bond acceptors (Lipinski definition) is 3. The van der Waals surface area contributed by atoms with Crippen molar-refractivity contribution in [3.05, 3.63) is 64.5 Å². The van der Waals surface area contributed by atoms with E-state index in [-0.39, 0.29) is 16.8 Å². The van der Waals surface area contributed by atoms with Gasteiger partial charge in [0.25, 0.3) is 11.8 Å². The molecule has 1 N–H and O–H groups in total. The first-order valence-electron chi connectivity index (χ1n) is 6.43. The monoisotopic (exact) mass is 299 g/mol. The van der Waals surface area contributed by atoms with Gasteiger partial charge in [-0.05, 0) is 36.8 Å². The van der Waals surface area contributed by atoms with Crippen molar-refractivity contribution in [3.8, 4) is 0 Å². The summed E-state index contributed by atoms with van der Waals surface area (Å²) in [5.41, 5.74) is -0.193. The lowest BCUT2D eigenvalue weighted by Gasteiger charge is -2.17. The van der Waals surface area contributed by atoms with Crippen molar-refractivity contribution in [2.75, 3.05) is 4.90 Å². The third-order valence-electron chi connectivity index (χ3n) is 3.46. The van der Waals surface area contributed by atoms with E-state index < -0.39 is 29.2 Å².